The number of nitrogens with zero attached hydrogens (tertiary/aromatic N) is 4. The number of hydrogen-bond donors (Lipinski definition) is 2. The van der Waals surface area contributed by atoms with E-state index in [2.05, 4.69) is 15.5 Å². The van der Waals surface area contributed by atoms with Gasteiger partial charge in [-0.15, -0.1) is 5.53 Å². The zero-order valence-electron chi connectivity index (χ0n) is 10.2. The van der Waals surface area contributed by atoms with Crippen LogP contribution in [-0.4, -0.2) is 30.5 Å². The standard InChI is InChI=1S/C10H8F2N6O2S/c11-7-2-1-3-8(12)10(7)15-21(19,20)18-4-9-14-5-13-6-17(9)16-18/h1-6,15-16H. The minimum atomic E-state index is -4.28. The SMILES string of the molecule is O=S(=O)(Nc1c(F)cccc1F)N1C=C2N=CN=CN2N1. The Hall–Kier alpha value is -2.53. The molecule has 0 bridgehead atoms. The summed E-state index contributed by atoms with van der Waals surface area (Å²) in [5.41, 5.74) is 1.64. The van der Waals surface area contributed by atoms with Crippen LogP contribution in [0.3, 0.4) is 0 Å². The van der Waals surface area contributed by atoms with Crippen LogP contribution in [-0.2, 0) is 10.2 Å². The highest BCUT2D eigenvalue weighted by atomic mass is 32.2. The number of benzene rings is 1. The summed E-state index contributed by atoms with van der Waals surface area (Å²) in [7, 11) is -4.28. The second-order valence-corrected chi connectivity index (χ2v) is 5.51. The molecule has 0 spiro atoms. The van der Waals surface area contributed by atoms with Crippen molar-refractivity contribution in [1.29, 1.82) is 0 Å². The van der Waals surface area contributed by atoms with Crippen LogP contribution in [0.5, 0.6) is 0 Å². The summed E-state index contributed by atoms with van der Waals surface area (Å²) in [6.07, 6.45) is 3.64. The van der Waals surface area contributed by atoms with Crippen molar-refractivity contribution in [2.75, 3.05) is 4.72 Å². The highest BCUT2D eigenvalue weighted by Gasteiger charge is 2.30. The molecule has 0 atom stereocenters. The molecular formula is C10H8F2N6O2S. The first kappa shape index (κ1) is 13.5. The van der Waals surface area contributed by atoms with Crippen molar-refractivity contribution >= 4 is 28.6 Å². The van der Waals surface area contributed by atoms with Gasteiger partial charge in [0.25, 0.3) is 0 Å². The van der Waals surface area contributed by atoms with E-state index in [1.807, 2.05) is 4.72 Å². The Bertz CT molecular complexity index is 756. The number of rotatable bonds is 3. The van der Waals surface area contributed by atoms with Crippen LogP contribution in [0, 0.1) is 11.6 Å². The fraction of sp³-hybridized carbons (Fsp3) is 0. The number of hydrazine groups is 2. The second kappa shape index (κ2) is 4.79. The van der Waals surface area contributed by atoms with E-state index in [1.54, 1.807) is 0 Å². The van der Waals surface area contributed by atoms with Crippen LogP contribution in [0.15, 0.2) is 40.2 Å². The van der Waals surface area contributed by atoms with E-state index in [9.17, 15) is 17.2 Å². The third kappa shape index (κ3) is 2.43. The summed E-state index contributed by atoms with van der Waals surface area (Å²) in [6.45, 7) is 0. The van der Waals surface area contributed by atoms with E-state index < -0.39 is 27.5 Å². The second-order valence-electron chi connectivity index (χ2n) is 3.97. The Labute approximate surface area is 118 Å². The van der Waals surface area contributed by atoms with Crippen molar-refractivity contribution in [3.63, 3.8) is 0 Å². The molecule has 0 fully saturated rings. The maximum atomic E-state index is 13.5. The van der Waals surface area contributed by atoms with E-state index in [0.717, 1.165) is 24.4 Å². The van der Waals surface area contributed by atoms with Gasteiger partial charge in [0.2, 0.25) is 0 Å². The lowest BCUT2D eigenvalue weighted by atomic mass is 10.3. The van der Waals surface area contributed by atoms with E-state index >= 15 is 0 Å². The first-order valence-corrected chi connectivity index (χ1v) is 7.01. The topological polar surface area (TPSA) is 89.4 Å². The largest absolute Gasteiger partial charge is 0.338 e. The molecule has 11 heteroatoms. The molecule has 2 aliphatic heterocycles. The lowest BCUT2D eigenvalue weighted by Crippen LogP contribution is -2.45. The predicted octanol–water partition coefficient (Wildman–Crippen LogP) is 0.528. The Morgan fingerprint density at radius 2 is 1.95 bits per heavy atom. The molecule has 0 aromatic heterocycles. The molecular weight excluding hydrogens is 306 g/mol. The van der Waals surface area contributed by atoms with Crippen molar-refractivity contribution in [2.24, 2.45) is 9.98 Å². The Morgan fingerprint density at radius 1 is 1.24 bits per heavy atom. The number of para-hydroxylation sites is 1. The zero-order chi connectivity index (χ0) is 15.0. The van der Waals surface area contributed by atoms with Gasteiger partial charge >= 0.3 is 10.2 Å². The highest BCUT2D eigenvalue weighted by Crippen LogP contribution is 2.22. The van der Waals surface area contributed by atoms with Gasteiger partial charge in [-0.1, -0.05) is 6.07 Å². The molecule has 0 unspecified atom stereocenters. The summed E-state index contributed by atoms with van der Waals surface area (Å²) < 4.78 is 53.6. The molecule has 3 rings (SSSR count). The van der Waals surface area contributed by atoms with Crippen LogP contribution < -0.4 is 10.3 Å². The number of hydrogen-bond acceptors (Lipinski definition) is 6. The minimum absolute atomic E-state index is 0.254. The molecule has 0 radical (unpaired) electrons. The molecule has 0 amide bonds. The van der Waals surface area contributed by atoms with Crippen molar-refractivity contribution in [2.45, 2.75) is 0 Å². The quantitative estimate of drug-likeness (QED) is 0.851. The smallest absolute Gasteiger partial charge is 0.259 e. The molecule has 1 aromatic carbocycles. The molecule has 8 nitrogen and oxygen atoms in total. The number of anilines is 1. The first-order chi connectivity index (χ1) is 9.97. The van der Waals surface area contributed by atoms with Gasteiger partial charge in [-0.25, -0.2) is 23.8 Å². The molecule has 110 valence electrons. The molecule has 1 aromatic rings. The lowest BCUT2D eigenvalue weighted by Gasteiger charge is -2.20. The van der Waals surface area contributed by atoms with Crippen molar-refractivity contribution in [3.05, 3.63) is 41.9 Å². The van der Waals surface area contributed by atoms with E-state index in [4.69, 9.17) is 0 Å². The maximum Gasteiger partial charge on any atom is 0.338 e. The molecule has 21 heavy (non-hydrogen) atoms. The minimum Gasteiger partial charge on any atom is -0.259 e. The predicted molar refractivity (Wildman–Crippen MR) is 70.8 cm³/mol. The average Bonchev–Trinajstić information content (AvgIpc) is 2.88. The van der Waals surface area contributed by atoms with Gasteiger partial charge in [-0.3, -0.25) is 4.72 Å². The van der Waals surface area contributed by atoms with Crippen LogP contribution in [0.1, 0.15) is 0 Å². The number of nitrogens with one attached hydrogen (secondary N) is 2. The summed E-state index contributed by atoms with van der Waals surface area (Å²) in [6, 6.07) is 3.01. The molecule has 0 aliphatic carbocycles. The van der Waals surface area contributed by atoms with Gasteiger partial charge in [-0.2, -0.15) is 12.8 Å². The van der Waals surface area contributed by atoms with Crippen molar-refractivity contribution < 1.29 is 17.2 Å². The van der Waals surface area contributed by atoms with Crippen LogP contribution >= 0.6 is 0 Å². The Kier molecular flexibility index (Phi) is 3.07. The average molecular weight is 314 g/mol. The van der Waals surface area contributed by atoms with Gasteiger partial charge < -0.3 is 0 Å². The van der Waals surface area contributed by atoms with Crippen LogP contribution in [0.4, 0.5) is 14.5 Å². The normalized spacial score (nSPS) is 17.0. The summed E-state index contributed by atoms with van der Waals surface area (Å²) in [5.74, 6) is -1.80. The molecule has 2 heterocycles. The maximum absolute atomic E-state index is 13.5. The van der Waals surface area contributed by atoms with Gasteiger partial charge in [0.1, 0.15) is 30.0 Å². The van der Waals surface area contributed by atoms with Gasteiger partial charge in [0.05, 0.1) is 6.20 Å². The Balaban J connectivity index is 1.87. The molecule has 2 aliphatic rings. The zero-order valence-corrected chi connectivity index (χ0v) is 11.1. The molecule has 0 saturated carbocycles. The number of fused-ring (bicyclic) bond motifs is 1. The molecule has 0 saturated heterocycles. The fourth-order valence-electron chi connectivity index (χ4n) is 1.62. The lowest BCUT2D eigenvalue weighted by molar-refractivity contribution is 0.285. The van der Waals surface area contributed by atoms with Gasteiger partial charge in [-0.05, 0) is 12.1 Å². The Morgan fingerprint density at radius 3 is 2.62 bits per heavy atom. The van der Waals surface area contributed by atoms with Crippen LogP contribution in [0.2, 0.25) is 0 Å². The van der Waals surface area contributed by atoms with Crippen molar-refractivity contribution in [1.82, 2.24) is 15.0 Å². The monoisotopic (exact) mass is 314 g/mol. The third-order valence-corrected chi connectivity index (χ3v) is 3.74. The van der Waals surface area contributed by atoms with Gasteiger partial charge in [0, 0.05) is 0 Å². The van der Waals surface area contributed by atoms with Crippen molar-refractivity contribution in [3.8, 4) is 0 Å². The number of aliphatic imine (C=N–C) groups is 2. The van der Waals surface area contributed by atoms with Gasteiger partial charge in [0.15, 0.2) is 5.82 Å². The summed E-state index contributed by atoms with van der Waals surface area (Å²) >= 11 is 0. The van der Waals surface area contributed by atoms with E-state index in [1.165, 1.54) is 17.7 Å². The first-order valence-electron chi connectivity index (χ1n) is 5.57. The van der Waals surface area contributed by atoms with E-state index in [-0.39, 0.29) is 5.82 Å². The molecule has 2 N–H and O–H groups in total. The summed E-state index contributed by atoms with van der Waals surface area (Å²) in [5, 5.41) is 1.22. The third-order valence-electron chi connectivity index (χ3n) is 2.58. The summed E-state index contributed by atoms with van der Waals surface area (Å²) in [4.78, 5) is 7.51. The fourth-order valence-corrected chi connectivity index (χ4v) is 2.60. The van der Waals surface area contributed by atoms with Crippen LogP contribution in [0.25, 0.3) is 0 Å². The highest BCUT2D eigenvalue weighted by molar-refractivity contribution is 7.90. The number of halogens is 2. The van der Waals surface area contributed by atoms with E-state index in [0.29, 0.717) is 4.41 Å².